The van der Waals surface area contributed by atoms with Crippen molar-refractivity contribution in [1.82, 2.24) is 0 Å². The van der Waals surface area contributed by atoms with Crippen LogP contribution >= 0.6 is 11.6 Å². The highest BCUT2D eigenvalue weighted by atomic mass is 35.5. The molecule has 0 amide bonds. The van der Waals surface area contributed by atoms with Gasteiger partial charge in [-0.1, -0.05) is 17.7 Å². The summed E-state index contributed by atoms with van der Waals surface area (Å²) in [6.07, 6.45) is 1.09. The molecule has 2 nitrogen and oxygen atoms in total. The molecule has 0 aliphatic carbocycles. The summed E-state index contributed by atoms with van der Waals surface area (Å²) in [6.45, 7) is 5.32. The number of benzene rings is 1. The monoisotopic (exact) mass is 227 g/mol. The maximum absolute atomic E-state index is 5.93. The summed E-state index contributed by atoms with van der Waals surface area (Å²) < 4.78 is 5.57. The number of rotatable bonds is 5. The molecule has 0 radical (unpaired) electrons. The largest absolute Gasteiger partial charge is 0.374 e. The number of nitrogens with two attached hydrogens (primary N) is 1. The number of halogens is 1. The topological polar surface area (TPSA) is 35.2 Å². The molecule has 15 heavy (non-hydrogen) atoms. The molecule has 1 aromatic carbocycles. The van der Waals surface area contributed by atoms with Gasteiger partial charge in [-0.3, -0.25) is 0 Å². The SMILES string of the molecule is CC(C)OCc1ccc(Cl)cc1CCN. The van der Waals surface area contributed by atoms with Gasteiger partial charge in [0.2, 0.25) is 0 Å². The van der Waals surface area contributed by atoms with E-state index in [1.54, 1.807) is 0 Å². The van der Waals surface area contributed by atoms with Crippen LogP contribution in [0.4, 0.5) is 0 Å². The van der Waals surface area contributed by atoms with Gasteiger partial charge in [-0.05, 0) is 50.1 Å². The molecule has 0 aliphatic rings. The Labute approximate surface area is 96.4 Å². The molecular weight excluding hydrogens is 210 g/mol. The molecule has 0 spiro atoms. The fourth-order valence-corrected chi connectivity index (χ4v) is 1.57. The van der Waals surface area contributed by atoms with E-state index in [2.05, 4.69) is 0 Å². The van der Waals surface area contributed by atoms with E-state index in [1.165, 1.54) is 11.1 Å². The second-order valence-corrected chi connectivity index (χ2v) is 4.25. The summed E-state index contributed by atoms with van der Waals surface area (Å²) in [7, 11) is 0. The lowest BCUT2D eigenvalue weighted by molar-refractivity contribution is 0.0653. The van der Waals surface area contributed by atoms with Crippen LogP contribution in [-0.4, -0.2) is 12.6 Å². The number of ether oxygens (including phenoxy) is 1. The summed E-state index contributed by atoms with van der Waals surface area (Å²) in [5, 5.41) is 0.756. The zero-order chi connectivity index (χ0) is 11.3. The first-order chi connectivity index (χ1) is 7.13. The van der Waals surface area contributed by atoms with Crippen molar-refractivity contribution in [3.63, 3.8) is 0 Å². The van der Waals surface area contributed by atoms with Crippen molar-refractivity contribution in [1.29, 1.82) is 0 Å². The Kier molecular flexibility index (Phi) is 5.09. The third-order valence-electron chi connectivity index (χ3n) is 2.15. The molecule has 1 aromatic rings. The van der Waals surface area contributed by atoms with Crippen LogP contribution in [0.3, 0.4) is 0 Å². The first kappa shape index (κ1) is 12.5. The summed E-state index contributed by atoms with van der Waals surface area (Å²) in [4.78, 5) is 0. The van der Waals surface area contributed by atoms with Crippen molar-refractivity contribution >= 4 is 11.6 Å². The molecule has 0 bridgehead atoms. The van der Waals surface area contributed by atoms with Crippen LogP contribution in [0.25, 0.3) is 0 Å². The highest BCUT2D eigenvalue weighted by Crippen LogP contribution is 2.17. The average molecular weight is 228 g/mol. The van der Waals surface area contributed by atoms with Crippen molar-refractivity contribution in [2.24, 2.45) is 5.73 Å². The highest BCUT2D eigenvalue weighted by molar-refractivity contribution is 6.30. The first-order valence-electron chi connectivity index (χ1n) is 5.22. The smallest absolute Gasteiger partial charge is 0.0723 e. The Balaban J connectivity index is 2.76. The van der Waals surface area contributed by atoms with Crippen molar-refractivity contribution in [3.8, 4) is 0 Å². The lowest BCUT2D eigenvalue weighted by Crippen LogP contribution is -2.08. The van der Waals surface area contributed by atoms with E-state index in [0.717, 1.165) is 11.4 Å². The molecule has 0 atom stereocenters. The van der Waals surface area contributed by atoms with E-state index in [1.807, 2.05) is 32.0 Å². The minimum atomic E-state index is 0.242. The Morgan fingerprint density at radius 3 is 2.67 bits per heavy atom. The van der Waals surface area contributed by atoms with Crippen LogP contribution in [0.5, 0.6) is 0 Å². The quantitative estimate of drug-likeness (QED) is 0.840. The Hall–Kier alpha value is -0.570. The second kappa shape index (κ2) is 6.11. The van der Waals surface area contributed by atoms with E-state index < -0.39 is 0 Å². The van der Waals surface area contributed by atoms with Gasteiger partial charge in [0.1, 0.15) is 0 Å². The molecule has 1 rings (SSSR count). The average Bonchev–Trinajstić information content (AvgIpc) is 2.17. The molecule has 0 saturated carbocycles. The van der Waals surface area contributed by atoms with E-state index in [-0.39, 0.29) is 6.10 Å². The molecule has 0 fully saturated rings. The maximum atomic E-state index is 5.93. The lowest BCUT2D eigenvalue weighted by Gasteiger charge is -2.12. The van der Waals surface area contributed by atoms with Gasteiger partial charge in [0, 0.05) is 5.02 Å². The molecule has 0 unspecified atom stereocenters. The van der Waals surface area contributed by atoms with Gasteiger partial charge in [0.15, 0.2) is 0 Å². The maximum Gasteiger partial charge on any atom is 0.0723 e. The van der Waals surface area contributed by atoms with Gasteiger partial charge < -0.3 is 10.5 Å². The van der Waals surface area contributed by atoms with Gasteiger partial charge in [-0.25, -0.2) is 0 Å². The third-order valence-corrected chi connectivity index (χ3v) is 2.39. The molecular formula is C12H18ClNO. The molecule has 2 N–H and O–H groups in total. The highest BCUT2D eigenvalue weighted by Gasteiger charge is 2.04. The van der Waals surface area contributed by atoms with Gasteiger partial charge in [-0.15, -0.1) is 0 Å². The van der Waals surface area contributed by atoms with Crippen LogP contribution in [0.2, 0.25) is 5.02 Å². The molecule has 0 aliphatic heterocycles. The van der Waals surface area contributed by atoms with Crippen LogP contribution in [0, 0.1) is 0 Å². The molecule has 3 heteroatoms. The number of hydrogen-bond donors (Lipinski definition) is 1. The van der Waals surface area contributed by atoms with E-state index in [0.29, 0.717) is 13.2 Å². The van der Waals surface area contributed by atoms with E-state index >= 15 is 0 Å². The normalized spacial score (nSPS) is 11.0. The van der Waals surface area contributed by atoms with Crippen molar-refractivity contribution in [2.75, 3.05) is 6.54 Å². The van der Waals surface area contributed by atoms with Crippen molar-refractivity contribution in [3.05, 3.63) is 34.3 Å². The third kappa shape index (κ3) is 4.20. The molecule has 0 aromatic heterocycles. The minimum absolute atomic E-state index is 0.242. The predicted octanol–water partition coefficient (Wildman–Crippen LogP) is 2.77. The summed E-state index contributed by atoms with van der Waals surface area (Å²) >= 11 is 5.93. The molecule has 0 heterocycles. The minimum Gasteiger partial charge on any atom is -0.374 e. The number of hydrogen-bond acceptors (Lipinski definition) is 2. The Bertz CT molecular complexity index is 312. The molecule has 84 valence electrons. The van der Waals surface area contributed by atoms with Crippen LogP contribution < -0.4 is 5.73 Å². The standard InChI is InChI=1S/C12H18ClNO/c1-9(2)15-8-11-3-4-12(13)7-10(11)5-6-14/h3-4,7,9H,5-6,8,14H2,1-2H3. The van der Waals surface area contributed by atoms with E-state index in [4.69, 9.17) is 22.1 Å². The van der Waals surface area contributed by atoms with Gasteiger partial charge in [0.25, 0.3) is 0 Å². The fourth-order valence-electron chi connectivity index (χ4n) is 1.38. The fraction of sp³-hybridized carbons (Fsp3) is 0.500. The first-order valence-corrected chi connectivity index (χ1v) is 5.60. The summed E-state index contributed by atoms with van der Waals surface area (Å²) in [5.41, 5.74) is 7.92. The lowest BCUT2D eigenvalue weighted by atomic mass is 10.1. The zero-order valence-electron chi connectivity index (χ0n) is 9.29. The molecule has 0 saturated heterocycles. The zero-order valence-corrected chi connectivity index (χ0v) is 10.1. The van der Waals surface area contributed by atoms with Crippen LogP contribution in [-0.2, 0) is 17.8 Å². The van der Waals surface area contributed by atoms with Crippen LogP contribution in [0.15, 0.2) is 18.2 Å². The Morgan fingerprint density at radius 2 is 2.07 bits per heavy atom. The second-order valence-electron chi connectivity index (χ2n) is 3.81. The Morgan fingerprint density at radius 1 is 1.33 bits per heavy atom. The van der Waals surface area contributed by atoms with Crippen molar-refractivity contribution in [2.45, 2.75) is 33.0 Å². The van der Waals surface area contributed by atoms with E-state index in [9.17, 15) is 0 Å². The van der Waals surface area contributed by atoms with Crippen LogP contribution in [0.1, 0.15) is 25.0 Å². The summed E-state index contributed by atoms with van der Waals surface area (Å²) in [6, 6.07) is 5.86. The van der Waals surface area contributed by atoms with Gasteiger partial charge in [0.05, 0.1) is 12.7 Å². The summed E-state index contributed by atoms with van der Waals surface area (Å²) in [5.74, 6) is 0. The van der Waals surface area contributed by atoms with Gasteiger partial charge >= 0.3 is 0 Å². The van der Waals surface area contributed by atoms with Gasteiger partial charge in [-0.2, -0.15) is 0 Å². The predicted molar refractivity (Wildman–Crippen MR) is 64.1 cm³/mol. The van der Waals surface area contributed by atoms with Crippen molar-refractivity contribution < 1.29 is 4.74 Å².